The highest BCUT2D eigenvalue weighted by Gasteiger charge is 2.11. The number of hydrogen-bond donors (Lipinski definition) is 1. The number of carboxylic acids is 1. The Labute approximate surface area is 101 Å². The number of aromatic carboxylic acids is 1. The molecule has 5 nitrogen and oxygen atoms in total. The molecule has 0 unspecified atom stereocenters. The number of para-hydroxylation sites is 2. The first-order chi connectivity index (χ1) is 8.66. The van der Waals surface area contributed by atoms with E-state index in [1.54, 1.807) is 24.3 Å². The second-order valence-corrected chi connectivity index (χ2v) is 3.83. The molecule has 3 aromatic rings. The van der Waals surface area contributed by atoms with Crippen molar-refractivity contribution in [3.63, 3.8) is 0 Å². The maximum absolute atomic E-state index is 11.6. The maximum Gasteiger partial charge on any atom is 0.337 e. The Kier molecular flexibility index (Phi) is 2.13. The largest absolute Gasteiger partial charge is 0.871 e. The molecule has 5 heteroatoms. The first-order valence-corrected chi connectivity index (χ1v) is 5.26. The molecule has 0 saturated heterocycles. The van der Waals surface area contributed by atoms with Gasteiger partial charge in [-0.2, -0.15) is 0 Å². The van der Waals surface area contributed by atoms with E-state index in [0.29, 0.717) is 16.6 Å². The summed E-state index contributed by atoms with van der Waals surface area (Å²) in [4.78, 5) is 19.5. The topological polar surface area (TPSA) is 86.1 Å². The summed E-state index contributed by atoms with van der Waals surface area (Å²) in [5.74, 6) is -1.28. The highest BCUT2D eigenvalue weighted by molar-refractivity contribution is 6.02. The zero-order chi connectivity index (χ0) is 12.7. The third-order valence-corrected chi connectivity index (χ3v) is 2.69. The molecule has 0 aliphatic carbocycles. The SMILES string of the molecule is O=C(O)c1cccc2nc3c([O-])cccc3nc12. The molecule has 1 N–H and O–H groups in total. The minimum Gasteiger partial charge on any atom is -0.871 e. The van der Waals surface area contributed by atoms with Crippen LogP contribution in [-0.4, -0.2) is 21.0 Å². The van der Waals surface area contributed by atoms with Gasteiger partial charge in [0.05, 0.1) is 22.1 Å². The molecule has 0 bridgehead atoms. The zero-order valence-corrected chi connectivity index (χ0v) is 9.12. The molecule has 0 saturated carbocycles. The fourth-order valence-electron chi connectivity index (χ4n) is 1.87. The van der Waals surface area contributed by atoms with Gasteiger partial charge in [0.15, 0.2) is 0 Å². The number of carboxylic acid groups (broad SMARTS) is 1. The summed E-state index contributed by atoms with van der Waals surface area (Å²) in [5, 5.41) is 20.7. The lowest BCUT2D eigenvalue weighted by atomic mass is 10.1. The van der Waals surface area contributed by atoms with Gasteiger partial charge in [-0.15, -0.1) is 0 Å². The van der Waals surface area contributed by atoms with Crippen molar-refractivity contribution in [3.8, 4) is 5.75 Å². The molecule has 3 rings (SSSR count). The van der Waals surface area contributed by atoms with Gasteiger partial charge in [-0.25, -0.2) is 14.8 Å². The molecule has 1 aromatic heterocycles. The first-order valence-electron chi connectivity index (χ1n) is 5.26. The molecular formula is C13H7N2O3-. The highest BCUT2D eigenvalue weighted by Crippen LogP contribution is 2.23. The van der Waals surface area contributed by atoms with E-state index in [-0.39, 0.29) is 16.8 Å². The summed E-state index contributed by atoms with van der Waals surface area (Å²) < 4.78 is 0. The van der Waals surface area contributed by atoms with Gasteiger partial charge in [-0.1, -0.05) is 23.9 Å². The summed E-state index contributed by atoms with van der Waals surface area (Å²) in [7, 11) is 0. The van der Waals surface area contributed by atoms with Crippen molar-refractivity contribution >= 4 is 28.0 Å². The third kappa shape index (κ3) is 1.45. The van der Waals surface area contributed by atoms with Crippen LogP contribution in [0.3, 0.4) is 0 Å². The van der Waals surface area contributed by atoms with Crippen LogP contribution in [0.1, 0.15) is 10.4 Å². The molecule has 0 radical (unpaired) electrons. The van der Waals surface area contributed by atoms with Crippen LogP contribution in [0.15, 0.2) is 36.4 Å². The van der Waals surface area contributed by atoms with Gasteiger partial charge < -0.3 is 10.2 Å². The lowest BCUT2D eigenvalue weighted by molar-refractivity contribution is -0.266. The predicted octanol–water partition coefficient (Wildman–Crippen LogP) is 1.55. The number of carbonyl (C=O) groups is 1. The van der Waals surface area contributed by atoms with Crippen LogP contribution < -0.4 is 5.11 Å². The summed E-state index contributed by atoms with van der Waals surface area (Å²) >= 11 is 0. The Balaban J connectivity index is 2.49. The van der Waals surface area contributed by atoms with Gasteiger partial charge >= 0.3 is 5.97 Å². The second-order valence-electron chi connectivity index (χ2n) is 3.83. The van der Waals surface area contributed by atoms with Gasteiger partial charge in [0, 0.05) is 0 Å². The van der Waals surface area contributed by atoms with Gasteiger partial charge in [-0.05, 0) is 18.2 Å². The van der Waals surface area contributed by atoms with Crippen LogP contribution in [0.5, 0.6) is 5.75 Å². The number of hydrogen-bond acceptors (Lipinski definition) is 4. The number of benzene rings is 2. The molecule has 0 amide bonds. The van der Waals surface area contributed by atoms with E-state index in [1.807, 2.05) is 0 Å². The average molecular weight is 239 g/mol. The van der Waals surface area contributed by atoms with E-state index >= 15 is 0 Å². The lowest BCUT2D eigenvalue weighted by Gasteiger charge is -2.09. The minimum absolute atomic E-state index is 0.0817. The molecule has 0 aliphatic heterocycles. The molecule has 0 atom stereocenters. The quantitative estimate of drug-likeness (QED) is 0.651. The Morgan fingerprint density at radius 1 is 1.00 bits per heavy atom. The smallest absolute Gasteiger partial charge is 0.337 e. The van der Waals surface area contributed by atoms with E-state index in [0.717, 1.165) is 0 Å². The van der Waals surface area contributed by atoms with Gasteiger partial charge in [0.1, 0.15) is 5.52 Å². The lowest BCUT2D eigenvalue weighted by Crippen LogP contribution is -2.01. The monoisotopic (exact) mass is 239 g/mol. The van der Waals surface area contributed by atoms with Crippen molar-refractivity contribution in [2.75, 3.05) is 0 Å². The standard InChI is InChI=1S/C13H8N2O3/c16-10-6-2-5-9-12(10)15-8-4-1-3-7(13(17)18)11(8)14-9/h1-6,16H,(H,17,18)/p-1. The Morgan fingerprint density at radius 3 is 2.33 bits per heavy atom. The molecule has 0 fully saturated rings. The van der Waals surface area contributed by atoms with Crippen LogP contribution in [0.25, 0.3) is 22.1 Å². The van der Waals surface area contributed by atoms with E-state index in [1.165, 1.54) is 12.1 Å². The van der Waals surface area contributed by atoms with Crippen LogP contribution in [0.2, 0.25) is 0 Å². The number of fused-ring (bicyclic) bond motifs is 2. The zero-order valence-electron chi connectivity index (χ0n) is 9.12. The predicted molar refractivity (Wildman–Crippen MR) is 63.4 cm³/mol. The Morgan fingerprint density at radius 2 is 1.61 bits per heavy atom. The van der Waals surface area contributed by atoms with E-state index in [2.05, 4.69) is 9.97 Å². The second kappa shape index (κ2) is 3.66. The van der Waals surface area contributed by atoms with Crippen molar-refractivity contribution in [1.82, 2.24) is 9.97 Å². The minimum atomic E-state index is -1.06. The van der Waals surface area contributed by atoms with E-state index < -0.39 is 5.97 Å². The number of rotatable bonds is 1. The first kappa shape index (κ1) is 10.5. The third-order valence-electron chi connectivity index (χ3n) is 2.69. The van der Waals surface area contributed by atoms with Crippen molar-refractivity contribution in [2.45, 2.75) is 0 Å². The van der Waals surface area contributed by atoms with Crippen molar-refractivity contribution in [3.05, 3.63) is 42.0 Å². The number of nitrogens with zero attached hydrogens (tertiary/aromatic N) is 2. The van der Waals surface area contributed by atoms with Crippen molar-refractivity contribution in [1.29, 1.82) is 0 Å². The van der Waals surface area contributed by atoms with Crippen molar-refractivity contribution < 1.29 is 15.0 Å². The Bertz CT molecular complexity index is 784. The normalized spacial score (nSPS) is 10.9. The maximum atomic E-state index is 11.6. The Hall–Kier alpha value is -2.69. The molecular weight excluding hydrogens is 232 g/mol. The van der Waals surface area contributed by atoms with Crippen molar-refractivity contribution in [2.24, 2.45) is 0 Å². The summed E-state index contributed by atoms with van der Waals surface area (Å²) in [6.45, 7) is 0. The van der Waals surface area contributed by atoms with Crippen LogP contribution in [-0.2, 0) is 0 Å². The molecule has 88 valence electrons. The fraction of sp³-hybridized carbons (Fsp3) is 0. The van der Waals surface area contributed by atoms with E-state index in [4.69, 9.17) is 5.11 Å². The van der Waals surface area contributed by atoms with Gasteiger partial charge in [-0.3, -0.25) is 0 Å². The van der Waals surface area contributed by atoms with Crippen LogP contribution in [0.4, 0.5) is 0 Å². The fourth-order valence-corrected chi connectivity index (χ4v) is 1.87. The molecule has 18 heavy (non-hydrogen) atoms. The summed E-state index contributed by atoms with van der Waals surface area (Å²) in [6, 6.07) is 9.31. The molecule has 2 aromatic carbocycles. The summed E-state index contributed by atoms with van der Waals surface area (Å²) in [6.07, 6.45) is 0. The highest BCUT2D eigenvalue weighted by atomic mass is 16.4. The van der Waals surface area contributed by atoms with Crippen LogP contribution >= 0.6 is 0 Å². The molecule has 0 aliphatic rings. The summed E-state index contributed by atoms with van der Waals surface area (Å²) in [5.41, 5.74) is 1.45. The van der Waals surface area contributed by atoms with Gasteiger partial charge in [0.2, 0.25) is 0 Å². The van der Waals surface area contributed by atoms with E-state index in [9.17, 15) is 9.90 Å². The molecule has 1 heterocycles. The van der Waals surface area contributed by atoms with Gasteiger partial charge in [0.25, 0.3) is 0 Å². The number of aromatic nitrogens is 2. The molecule has 0 spiro atoms. The average Bonchev–Trinajstić information content (AvgIpc) is 2.36. The van der Waals surface area contributed by atoms with Crippen LogP contribution in [0, 0.1) is 0 Å².